The molecule has 0 radical (unpaired) electrons. The van der Waals surface area contributed by atoms with E-state index in [4.69, 9.17) is 0 Å². The maximum Gasteiger partial charge on any atom is 0.146 e. The number of benzene rings is 1. The number of rotatable bonds is 1. The standard InChI is InChI=1S/C11H15FN2O/c12-10-3-1-2-4-11(10)14-6-5-13-7-9(15)8-14/h1-4,9,13,15H,5-8H2. The molecule has 1 aromatic rings. The highest BCUT2D eigenvalue weighted by molar-refractivity contribution is 5.47. The van der Waals surface area contributed by atoms with Crippen molar-refractivity contribution in [3.05, 3.63) is 30.1 Å². The number of β-amino-alcohol motifs (C(OH)–C–C–N with tert-alkyl or cyclic N) is 1. The predicted molar refractivity (Wildman–Crippen MR) is 57.5 cm³/mol. The minimum atomic E-state index is -0.438. The molecule has 2 rings (SSSR count). The van der Waals surface area contributed by atoms with E-state index in [-0.39, 0.29) is 5.82 Å². The maximum absolute atomic E-state index is 13.5. The molecule has 3 nitrogen and oxygen atoms in total. The van der Waals surface area contributed by atoms with E-state index in [0.29, 0.717) is 18.8 Å². The Balaban J connectivity index is 2.18. The molecule has 0 bridgehead atoms. The van der Waals surface area contributed by atoms with E-state index >= 15 is 0 Å². The number of para-hydroxylation sites is 1. The highest BCUT2D eigenvalue weighted by atomic mass is 19.1. The molecule has 1 unspecified atom stereocenters. The number of aliphatic hydroxyl groups is 1. The van der Waals surface area contributed by atoms with Crippen molar-refractivity contribution in [2.75, 3.05) is 31.1 Å². The van der Waals surface area contributed by atoms with Crippen molar-refractivity contribution >= 4 is 5.69 Å². The van der Waals surface area contributed by atoms with Crippen molar-refractivity contribution in [1.82, 2.24) is 5.32 Å². The van der Waals surface area contributed by atoms with Gasteiger partial charge in [0.15, 0.2) is 0 Å². The summed E-state index contributed by atoms with van der Waals surface area (Å²) in [6.45, 7) is 2.54. The minimum absolute atomic E-state index is 0.230. The molecule has 0 amide bonds. The second-order valence-electron chi connectivity index (χ2n) is 3.76. The molecular formula is C11H15FN2O. The highest BCUT2D eigenvalue weighted by Crippen LogP contribution is 2.18. The van der Waals surface area contributed by atoms with Crippen molar-refractivity contribution in [3.63, 3.8) is 0 Å². The van der Waals surface area contributed by atoms with Crippen LogP contribution < -0.4 is 10.2 Å². The molecule has 1 heterocycles. The third-order valence-corrected chi connectivity index (χ3v) is 2.56. The lowest BCUT2D eigenvalue weighted by atomic mass is 10.2. The Hall–Kier alpha value is -1.13. The summed E-state index contributed by atoms with van der Waals surface area (Å²) in [6.07, 6.45) is -0.438. The van der Waals surface area contributed by atoms with Crippen molar-refractivity contribution in [1.29, 1.82) is 0 Å². The largest absolute Gasteiger partial charge is 0.390 e. The van der Waals surface area contributed by atoms with Gasteiger partial charge >= 0.3 is 0 Å². The van der Waals surface area contributed by atoms with Gasteiger partial charge in [-0.2, -0.15) is 0 Å². The molecule has 82 valence electrons. The Morgan fingerprint density at radius 3 is 3.00 bits per heavy atom. The number of hydrogen-bond donors (Lipinski definition) is 2. The topological polar surface area (TPSA) is 35.5 Å². The zero-order valence-electron chi connectivity index (χ0n) is 8.49. The number of anilines is 1. The SMILES string of the molecule is OC1CNCCN(c2ccccc2F)C1. The molecule has 1 saturated heterocycles. The van der Waals surface area contributed by atoms with Crippen LogP contribution in [-0.4, -0.2) is 37.4 Å². The van der Waals surface area contributed by atoms with Gasteiger partial charge in [0, 0.05) is 26.2 Å². The lowest BCUT2D eigenvalue weighted by Gasteiger charge is -2.24. The van der Waals surface area contributed by atoms with Gasteiger partial charge in [0.2, 0.25) is 0 Å². The van der Waals surface area contributed by atoms with Crippen molar-refractivity contribution in [2.24, 2.45) is 0 Å². The van der Waals surface area contributed by atoms with Crippen LogP contribution in [0.4, 0.5) is 10.1 Å². The third-order valence-electron chi connectivity index (χ3n) is 2.56. The van der Waals surface area contributed by atoms with Crippen molar-refractivity contribution in [2.45, 2.75) is 6.10 Å². The molecule has 0 spiro atoms. The van der Waals surface area contributed by atoms with E-state index in [0.717, 1.165) is 13.1 Å². The lowest BCUT2D eigenvalue weighted by molar-refractivity contribution is 0.184. The Labute approximate surface area is 88.5 Å². The second kappa shape index (κ2) is 4.59. The van der Waals surface area contributed by atoms with Gasteiger partial charge in [-0.1, -0.05) is 12.1 Å². The van der Waals surface area contributed by atoms with Gasteiger partial charge in [0.1, 0.15) is 5.82 Å². The van der Waals surface area contributed by atoms with Crippen molar-refractivity contribution < 1.29 is 9.50 Å². The van der Waals surface area contributed by atoms with Gasteiger partial charge in [-0.15, -0.1) is 0 Å². The maximum atomic E-state index is 13.5. The summed E-state index contributed by atoms with van der Waals surface area (Å²) < 4.78 is 13.5. The van der Waals surface area contributed by atoms with Crippen LogP contribution in [0.5, 0.6) is 0 Å². The van der Waals surface area contributed by atoms with Crippen LogP contribution >= 0.6 is 0 Å². The van der Waals surface area contributed by atoms with Gasteiger partial charge in [-0.3, -0.25) is 0 Å². The van der Waals surface area contributed by atoms with E-state index in [1.807, 2.05) is 11.0 Å². The summed E-state index contributed by atoms with van der Waals surface area (Å²) in [4.78, 5) is 1.88. The molecule has 0 aliphatic carbocycles. The Kier molecular flexibility index (Phi) is 3.18. The second-order valence-corrected chi connectivity index (χ2v) is 3.76. The first-order valence-corrected chi connectivity index (χ1v) is 5.15. The molecule has 0 aromatic heterocycles. The first-order valence-electron chi connectivity index (χ1n) is 5.15. The van der Waals surface area contributed by atoms with Gasteiger partial charge < -0.3 is 15.3 Å². The van der Waals surface area contributed by atoms with E-state index < -0.39 is 6.10 Å². The molecule has 2 N–H and O–H groups in total. The number of halogens is 1. The first-order chi connectivity index (χ1) is 7.27. The fourth-order valence-electron chi connectivity index (χ4n) is 1.82. The Bertz CT molecular complexity index is 332. The quantitative estimate of drug-likeness (QED) is 0.712. The monoisotopic (exact) mass is 210 g/mol. The molecule has 1 fully saturated rings. The van der Waals surface area contributed by atoms with E-state index in [9.17, 15) is 9.50 Å². The Morgan fingerprint density at radius 2 is 2.20 bits per heavy atom. The van der Waals surface area contributed by atoms with Crippen LogP contribution in [0.15, 0.2) is 24.3 Å². The molecule has 1 aliphatic heterocycles. The summed E-state index contributed by atoms with van der Waals surface area (Å²) in [7, 11) is 0. The number of aliphatic hydroxyl groups excluding tert-OH is 1. The van der Waals surface area contributed by atoms with E-state index in [1.165, 1.54) is 6.07 Å². The normalized spacial score (nSPS) is 22.5. The van der Waals surface area contributed by atoms with Crippen LogP contribution in [0.2, 0.25) is 0 Å². The average Bonchev–Trinajstić information content (AvgIpc) is 2.43. The number of hydrogen-bond acceptors (Lipinski definition) is 3. The van der Waals surface area contributed by atoms with Crippen LogP contribution in [0, 0.1) is 5.82 Å². The molecular weight excluding hydrogens is 195 g/mol. The molecule has 4 heteroatoms. The number of nitrogens with one attached hydrogen (secondary N) is 1. The lowest BCUT2D eigenvalue weighted by Crippen LogP contribution is -2.33. The summed E-state index contributed by atoms with van der Waals surface area (Å²) >= 11 is 0. The summed E-state index contributed by atoms with van der Waals surface area (Å²) in [5, 5.41) is 12.7. The summed E-state index contributed by atoms with van der Waals surface area (Å²) in [5.74, 6) is -0.230. The van der Waals surface area contributed by atoms with Gasteiger partial charge in [-0.25, -0.2) is 4.39 Å². The predicted octanol–water partition coefficient (Wildman–Crippen LogP) is 0.596. The summed E-state index contributed by atoms with van der Waals surface area (Å²) in [6, 6.07) is 6.67. The zero-order valence-corrected chi connectivity index (χ0v) is 8.49. The van der Waals surface area contributed by atoms with E-state index in [2.05, 4.69) is 5.32 Å². The third kappa shape index (κ3) is 2.46. The van der Waals surface area contributed by atoms with E-state index in [1.54, 1.807) is 12.1 Å². The molecule has 1 aliphatic rings. The minimum Gasteiger partial charge on any atom is -0.390 e. The zero-order chi connectivity index (χ0) is 10.7. The fraction of sp³-hybridized carbons (Fsp3) is 0.455. The van der Waals surface area contributed by atoms with Gasteiger partial charge in [0.25, 0.3) is 0 Å². The molecule has 1 atom stereocenters. The van der Waals surface area contributed by atoms with Crippen LogP contribution in [-0.2, 0) is 0 Å². The highest BCUT2D eigenvalue weighted by Gasteiger charge is 2.17. The Morgan fingerprint density at radius 1 is 1.40 bits per heavy atom. The summed E-state index contributed by atoms with van der Waals surface area (Å²) in [5.41, 5.74) is 0.570. The fourth-order valence-corrected chi connectivity index (χ4v) is 1.82. The smallest absolute Gasteiger partial charge is 0.146 e. The van der Waals surface area contributed by atoms with Crippen LogP contribution in [0.25, 0.3) is 0 Å². The van der Waals surface area contributed by atoms with Crippen LogP contribution in [0.3, 0.4) is 0 Å². The van der Waals surface area contributed by atoms with Crippen molar-refractivity contribution in [3.8, 4) is 0 Å². The van der Waals surface area contributed by atoms with Gasteiger partial charge in [0.05, 0.1) is 11.8 Å². The van der Waals surface area contributed by atoms with Gasteiger partial charge in [-0.05, 0) is 12.1 Å². The molecule has 15 heavy (non-hydrogen) atoms. The molecule has 1 aromatic carbocycles. The average molecular weight is 210 g/mol. The van der Waals surface area contributed by atoms with Crippen LogP contribution in [0.1, 0.15) is 0 Å². The molecule has 0 saturated carbocycles. The number of nitrogens with zero attached hydrogens (tertiary/aromatic N) is 1. The first kappa shape index (κ1) is 10.4.